The van der Waals surface area contributed by atoms with Crippen LogP contribution in [0.3, 0.4) is 0 Å². The zero-order chi connectivity index (χ0) is 13.1. The quantitative estimate of drug-likeness (QED) is 0.881. The highest BCUT2D eigenvalue weighted by atomic mass is 19.1. The summed E-state index contributed by atoms with van der Waals surface area (Å²) in [6, 6.07) is 4.18. The number of ether oxygens (including phenoxy) is 1. The van der Waals surface area contributed by atoms with Gasteiger partial charge in [-0.15, -0.1) is 5.10 Å². The number of hydrogen-bond acceptors (Lipinski definition) is 5. The van der Waals surface area contributed by atoms with E-state index in [1.54, 1.807) is 6.07 Å². The van der Waals surface area contributed by atoms with Crippen LogP contribution in [0.5, 0.6) is 5.75 Å². The molecule has 2 rings (SSSR count). The Hall–Kier alpha value is -2.02. The molecule has 2 aromatic rings. The second-order valence-electron chi connectivity index (χ2n) is 3.78. The van der Waals surface area contributed by atoms with Crippen molar-refractivity contribution in [2.24, 2.45) is 0 Å². The van der Waals surface area contributed by atoms with E-state index in [0.29, 0.717) is 17.3 Å². The molecule has 1 atom stereocenters. The molecule has 7 heteroatoms. The van der Waals surface area contributed by atoms with Crippen molar-refractivity contribution in [1.82, 2.24) is 25.5 Å². The van der Waals surface area contributed by atoms with E-state index in [1.165, 1.54) is 23.9 Å². The number of tetrazole rings is 1. The molecule has 1 aromatic carbocycles. The molecule has 0 spiro atoms. The van der Waals surface area contributed by atoms with Crippen molar-refractivity contribution in [3.8, 4) is 11.4 Å². The molecule has 0 saturated heterocycles. The molecule has 1 heterocycles. The first-order valence-corrected chi connectivity index (χ1v) is 5.46. The number of halogens is 1. The Morgan fingerprint density at radius 3 is 2.89 bits per heavy atom. The second-order valence-corrected chi connectivity index (χ2v) is 3.78. The van der Waals surface area contributed by atoms with Gasteiger partial charge in [-0.3, -0.25) is 0 Å². The van der Waals surface area contributed by atoms with Crippen LogP contribution in [0, 0.1) is 5.82 Å². The largest absolute Gasteiger partial charge is 0.494 e. The van der Waals surface area contributed by atoms with Gasteiger partial charge in [-0.1, -0.05) is 0 Å². The molecule has 0 aliphatic heterocycles. The van der Waals surface area contributed by atoms with Crippen molar-refractivity contribution in [3.63, 3.8) is 0 Å². The Bertz CT molecular complexity index is 542. The number of hydrogen-bond donors (Lipinski definition) is 1. The maximum Gasteiger partial charge on any atom is 0.173 e. The fraction of sp³-hybridized carbons (Fsp3) is 0.364. The molecule has 0 aliphatic rings. The summed E-state index contributed by atoms with van der Waals surface area (Å²) in [4.78, 5) is 0. The average Bonchev–Trinajstić information content (AvgIpc) is 2.86. The summed E-state index contributed by atoms with van der Waals surface area (Å²) >= 11 is 0. The van der Waals surface area contributed by atoms with Gasteiger partial charge in [0.1, 0.15) is 17.3 Å². The van der Waals surface area contributed by atoms with E-state index in [9.17, 15) is 4.39 Å². The summed E-state index contributed by atoms with van der Waals surface area (Å²) in [5.41, 5.74) is 0.598. The minimum atomic E-state index is -0.369. The van der Waals surface area contributed by atoms with E-state index in [-0.39, 0.29) is 11.9 Å². The number of nitrogens with one attached hydrogen (secondary N) is 1. The van der Waals surface area contributed by atoms with E-state index in [0.717, 1.165) is 0 Å². The lowest BCUT2D eigenvalue weighted by molar-refractivity contribution is 0.406. The van der Waals surface area contributed by atoms with E-state index >= 15 is 0 Å². The zero-order valence-electron chi connectivity index (χ0n) is 10.4. The highest BCUT2D eigenvalue weighted by molar-refractivity contribution is 5.46. The molecule has 0 aliphatic carbocycles. The van der Waals surface area contributed by atoms with Crippen molar-refractivity contribution >= 4 is 0 Å². The number of nitrogens with zero attached hydrogens (tertiary/aromatic N) is 4. The van der Waals surface area contributed by atoms with Crippen LogP contribution in [-0.4, -0.2) is 34.4 Å². The van der Waals surface area contributed by atoms with Crippen molar-refractivity contribution in [2.45, 2.75) is 13.0 Å². The van der Waals surface area contributed by atoms with Gasteiger partial charge in [-0.25, -0.2) is 4.39 Å². The molecule has 1 unspecified atom stereocenters. The molecule has 1 N–H and O–H groups in total. The lowest BCUT2D eigenvalue weighted by Gasteiger charge is -2.12. The smallest absolute Gasteiger partial charge is 0.173 e. The maximum atomic E-state index is 13.1. The second kappa shape index (κ2) is 5.09. The normalized spacial score (nSPS) is 12.4. The highest BCUT2D eigenvalue weighted by Gasteiger charge is 2.17. The molecule has 0 saturated carbocycles. The SMILES string of the molecule is CNC(C)c1nnnn1-c1ccc(F)cc1OC. The van der Waals surface area contributed by atoms with Gasteiger partial charge in [0.2, 0.25) is 0 Å². The highest BCUT2D eigenvalue weighted by Crippen LogP contribution is 2.24. The van der Waals surface area contributed by atoms with Crippen molar-refractivity contribution in [3.05, 3.63) is 29.8 Å². The third-order valence-corrected chi connectivity index (χ3v) is 2.68. The summed E-state index contributed by atoms with van der Waals surface area (Å²) in [7, 11) is 3.29. The third kappa shape index (κ3) is 2.17. The van der Waals surface area contributed by atoms with Gasteiger partial charge in [0, 0.05) is 6.07 Å². The number of benzene rings is 1. The van der Waals surface area contributed by atoms with Gasteiger partial charge in [0.25, 0.3) is 0 Å². The van der Waals surface area contributed by atoms with Crippen LogP contribution < -0.4 is 10.1 Å². The van der Waals surface area contributed by atoms with Gasteiger partial charge in [0.15, 0.2) is 5.82 Å². The first kappa shape index (κ1) is 12.4. The first-order chi connectivity index (χ1) is 8.67. The predicted molar refractivity (Wildman–Crippen MR) is 63.1 cm³/mol. The standard InChI is InChI=1S/C11H14FN5O/c1-7(13-2)11-14-15-16-17(11)9-5-4-8(12)6-10(9)18-3/h4-7,13H,1-3H3. The molecule has 1 aromatic heterocycles. The summed E-state index contributed by atoms with van der Waals surface area (Å²) in [6.07, 6.45) is 0. The zero-order valence-corrected chi connectivity index (χ0v) is 10.4. The Labute approximate surface area is 104 Å². The molecule has 0 radical (unpaired) electrons. The van der Waals surface area contributed by atoms with Crippen LogP contribution in [0.1, 0.15) is 18.8 Å². The average molecular weight is 251 g/mol. The number of methoxy groups -OCH3 is 1. The Morgan fingerprint density at radius 1 is 1.44 bits per heavy atom. The Morgan fingerprint density at radius 2 is 2.22 bits per heavy atom. The molecule has 0 amide bonds. The lowest BCUT2D eigenvalue weighted by Crippen LogP contribution is -2.18. The van der Waals surface area contributed by atoms with Crippen LogP contribution in [0.25, 0.3) is 5.69 Å². The van der Waals surface area contributed by atoms with Crippen LogP contribution in [0.15, 0.2) is 18.2 Å². The topological polar surface area (TPSA) is 64.9 Å². The van der Waals surface area contributed by atoms with Gasteiger partial charge in [-0.05, 0) is 36.5 Å². The molecule has 96 valence electrons. The fourth-order valence-corrected chi connectivity index (χ4v) is 1.59. The summed E-state index contributed by atoms with van der Waals surface area (Å²) in [5, 5.41) is 14.5. The van der Waals surface area contributed by atoms with E-state index in [4.69, 9.17) is 4.74 Å². The van der Waals surface area contributed by atoms with E-state index in [1.807, 2.05) is 14.0 Å². The van der Waals surface area contributed by atoms with Gasteiger partial charge in [0.05, 0.1) is 13.2 Å². The summed E-state index contributed by atoms with van der Waals surface area (Å²) in [5.74, 6) is 0.640. The van der Waals surface area contributed by atoms with Crippen LogP contribution in [0.2, 0.25) is 0 Å². The Kier molecular flexibility index (Phi) is 3.52. The van der Waals surface area contributed by atoms with Crippen molar-refractivity contribution in [1.29, 1.82) is 0 Å². The van der Waals surface area contributed by atoms with Crippen molar-refractivity contribution in [2.75, 3.05) is 14.2 Å². The summed E-state index contributed by atoms with van der Waals surface area (Å²) < 4.78 is 19.8. The molecule has 18 heavy (non-hydrogen) atoms. The molecule has 0 bridgehead atoms. The minimum Gasteiger partial charge on any atom is -0.494 e. The Balaban J connectivity index is 2.52. The van der Waals surface area contributed by atoms with Gasteiger partial charge >= 0.3 is 0 Å². The van der Waals surface area contributed by atoms with Gasteiger partial charge in [-0.2, -0.15) is 4.68 Å². The predicted octanol–water partition coefficient (Wildman–Crippen LogP) is 1.09. The first-order valence-electron chi connectivity index (χ1n) is 5.46. The molecular formula is C11H14FN5O. The number of rotatable bonds is 4. The molecular weight excluding hydrogens is 237 g/mol. The van der Waals surface area contributed by atoms with Crippen molar-refractivity contribution < 1.29 is 9.13 Å². The lowest BCUT2D eigenvalue weighted by atomic mass is 10.2. The van der Waals surface area contributed by atoms with E-state index < -0.39 is 0 Å². The van der Waals surface area contributed by atoms with Crippen LogP contribution in [0.4, 0.5) is 4.39 Å². The van der Waals surface area contributed by atoms with Crippen LogP contribution in [-0.2, 0) is 0 Å². The monoisotopic (exact) mass is 251 g/mol. The molecule has 6 nitrogen and oxygen atoms in total. The molecule has 0 fully saturated rings. The fourth-order valence-electron chi connectivity index (χ4n) is 1.59. The number of aromatic nitrogens is 4. The maximum absolute atomic E-state index is 13.1. The summed E-state index contributed by atoms with van der Waals surface area (Å²) in [6.45, 7) is 1.93. The minimum absolute atomic E-state index is 0.0326. The van der Waals surface area contributed by atoms with Gasteiger partial charge < -0.3 is 10.1 Å². The third-order valence-electron chi connectivity index (χ3n) is 2.68. The van der Waals surface area contributed by atoms with Crippen LogP contribution >= 0.6 is 0 Å². The van der Waals surface area contributed by atoms with E-state index in [2.05, 4.69) is 20.8 Å².